The van der Waals surface area contributed by atoms with Crippen molar-refractivity contribution in [1.82, 2.24) is 5.32 Å². The van der Waals surface area contributed by atoms with Gasteiger partial charge in [-0.05, 0) is 55.9 Å². The van der Waals surface area contributed by atoms with E-state index in [-0.39, 0.29) is 17.9 Å². The maximum absolute atomic E-state index is 13.6. The second kappa shape index (κ2) is 6.93. The second-order valence-corrected chi connectivity index (χ2v) is 7.14. The summed E-state index contributed by atoms with van der Waals surface area (Å²) in [7, 11) is 1.70. The highest BCUT2D eigenvalue weighted by Gasteiger charge is 2.24. The van der Waals surface area contributed by atoms with Crippen LogP contribution in [0.1, 0.15) is 42.1 Å². The third kappa shape index (κ3) is 3.54. The molecule has 0 aromatic heterocycles. The number of methoxy groups -OCH3 is 1. The van der Waals surface area contributed by atoms with Gasteiger partial charge in [0.25, 0.3) is 0 Å². The fourth-order valence-corrected chi connectivity index (χ4v) is 4.23. The van der Waals surface area contributed by atoms with Gasteiger partial charge in [0.15, 0.2) is 0 Å². The van der Waals surface area contributed by atoms with E-state index < -0.39 is 0 Å². The molecule has 0 amide bonds. The molecule has 3 rings (SSSR count). The number of thioether (sulfide) groups is 1. The van der Waals surface area contributed by atoms with Crippen molar-refractivity contribution in [2.45, 2.75) is 37.2 Å². The molecule has 1 aliphatic heterocycles. The third-order valence-electron chi connectivity index (χ3n) is 4.31. The molecule has 2 atom stereocenters. The van der Waals surface area contributed by atoms with Gasteiger partial charge in [-0.15, -0.1) is 11.8 Å². The molecule has 1 aliphatic rings. The van der Waals surface area contributed by atoms with Crippen molar-refractivity contribution >= 4 is 11.8 Å². The number of ether oxygens (including phenoxy) is 1. The molecule has 0 bridgehead atoms. The molecule has 1 heterocycles. The minimum Gasteiger partial charge on any atom is -0.496 e. The van der Waals surface area contributed by atoms with E-state index in [9.17, 15) is 4.39 Å². The van der Waals surface area contributed by atoms with E-state index in [0.29, 0.717) is 0 Å². The van der Waals surface area contributed by atoms with E-state index >= 15 is 0 Å². The Balaban J connectivity index is 1.86. The molecule has 23 heavy (non-hydrogen) atoms. The van der Waals surface area contributed by atoms with Crippen molar-refractivity contribution in [2.75, 3.05) is 12.9 Å². The largest absolute Gasteiger partial charge is 0.496 e. The Labute approximate surface area is 141 Å². The topological polar surface area (TPSA) is 21.3 Å². The first-order valence-corrected chi connectivity index (χ1v) is 8.90. The number of hydrogen-bond acceptors (Lipinski definition) is 3. The summed E-state index contributed by atoms with van der Waals surface area (Å²) in [5, 5.41) is 3.66. The van der Waals surface area contributed by atoms with Gasteiger partial charge in [0.2, 0.25) is 0 Å². The molecule has 0 fully saturated rings. The van der Waals surface area contributed by atoms with Crippen molar-refractivity contribution in [3.8, 4) is 5.75 Å². The van der Waals surface area contributed by atoms with Crippen LogP contribution < -0.4 is 10.1 Å². The molecule has 2 nitrogen and oxygen atoms in total. The molecule has 0 saturated carbocycles. The van der Waals surface area contributed by atoms with Gasteiger partial charge in [0.1, 0.15) is 11.6 Å². The summed E-state index contributed by atoms with van der Waals surface area (Å²) in [6.07, 6.45) is 1.000. The number of nitrogens with one attached hydrogen (secondary N) is 1. The molecule has 2 unspecified atom stereocenters. The Hall–Kier alpha value is -1.52. The number of hydrogen-bond donors (Lipinski definition) is 1. The van der Waals surface area contributed by atoms with Gasteiger partial charge < -0.3 is 10.1 Å². The average molecular weight is 331 g/mol. The van der Waals surface area contributed by atoms with Crippen LogP contribution in [0.3, 0.4) is 0 Å². The Kier molecular flexibility index (Phi) is 4.93. The summed E-state index contributed by atoms with van der Waals surface area (Å²) in [4.78, 5) is 1.18. The van der Waals surface area contributed by atoms with Crippen molar-refractivity contribution in [2.24, 2.45) is 0 Å². The zero-order valence-electron chi connectivity index (χ0n) is 13.7. The average Bonchev–Trinajstić information content (AvgIpc) is 2.55. The lowest BCUT2D eigenvalue weighted by atomic mass is 9.99. The number of benzene rings is 2. The fraction of sp³-hybridized carbons (Fsp3) is 0.368. The number of aryl methyl sites for hydroxylation is 1. The first kappa shape index (κ1) is 16.3. The van der Waals surface area contributed by atoms with Crippen LogP contribution in [0, 0.1) is 12.7 Å². The molecular weight excluding hydrogens is 309 g/mol. The Morgan fingerprint density at radius 1 is 1.26 bits per heavy atom. The highest BCUT2D eigenvalue weighted by Crippen LogP contribution is 2.38. The predicted octanol–water partition coefficient (Wildman–Crippen LogP) is 5.03. The molecule has 122 valence electrons. The summed E-state index contributed by atoms with van der Waals surface area (Å²) in [5.41, 5.74) is 3.42. The van der Waals surface area contributed by atoms with E-state index in [0.717, 1.165) is 29.1 Å². The van der Waals surface area contributed by atoms with E-state index in [4.69, 9.17) is 4.74 Å². The molecule has 0 radical (unpaired) electrons. The van der Waals surface area contributed by atoms with E-state index in [1.54, 1.807) is 31.0 Å². The maximum atomic E-state index is 13.6. The minimum atomic E-state index is -0.168. The fourth-order valence-electron chi connectivity index (χ4n) is 3.12. The standard InChI is InChI=1S/C19H22FNOS/c1-12-4-6-18(22-3)15(10-12)13(2)21-17-8-9-23-19-7-5-14(20)11-16(17)19/h4-7,10-11,13,17,21H,8-9H2,1-3H3. The van der Waals surface area contributed by atoms with Crippen molar-refractivity contribution in [3.05, 3.63) is 58.9 Å². The predicted molar refractivity (Wildman–Crippen MR) is 93.8 cm³/mol. The molecular formula is C19H22FNOS. The van der Waals surface area contributed by atoms with Gasteiger partial charge in [-0.3, -0.25) is 0 Å². The van der Waals surface area contributed by atoms with Crippen molar-refractivity contribution in [3.63, 3.8) is 0 Å². The molecule has 2 aromatic carbocycles. The number of halogens is 1. The van der Waals surface area contributed by atoms with Crippen LogP contribution in [-0.4, -0.2) is 12.9 Å². The Morgan fingerprint density at radius 2 is 2.09 bits per heavy atom. The quantitative estimate of drug-likeness (QED) is 0.849. The van der Waals surface area contributed by atoms with Gasteiger partial charge >= 0.3 is 0 Å². The lowest BCUT2D eigenvalue weighted by Gasteiger charge is -2.29. The van der Waals surface area contributed by atoms with Crippen LogP contribution in [0.2, 0.25) is 0 Å². The number of rotatable bonds is 4. The summed E-state index contributed by atoms with van der Waals surface area (Å²) in [6, 6.07) is 11.6. The third-order valence-corrected chi connectivity index (χ3v) is 5.44. The molecule has 0 saturated heterocycles. The van der Waals surface area contributed by atoms with Crippen LogP contribution in [0.25, 0.3) is 0 Å². The number of fused-ring (bicyclic) bond motifs is 1. The molecule has 1 N–H and O–H groups in total. The van der Waals surface area contributed by atoms with Crippen molar-refractivity contribution < 1.29 is 9.13 Å². The summed E-state index contributed by atoms with van der Waals surface area (Å²) in [6.45, 7) is 4.22. The van der Waals surface area contributed by atoms with E-state index in [1.165, 1.54) is 10.5 Å². The summed E-state index contributed by atoms with van der Waals surface area (Å²) in [5.74, 6) is 1.77. The lowest BCUT2D eigenvalue weighted by molar-refractivity contribution is 0.390. The maximum Gasteiger partial charge on any atom is 0.123 e. The Bertz CT molecular complexity index is 704. The van der Waals surface area contributed by atoms with Gasteiger partial charge in [-0.25, -0.2) is 4.39 Å². The molecule has 4 heteroatoms. The first-order chi connectivity index (χ1) is 11.1. The minimum absolute atomic E-state index is 0.133. The second-order valence-electron chi connectivity index (χ2n) is 6.01. The van der Waals surface area contributed by atoms with Gasteiger partial charge in [-0.1, -0.05) is 17.7 Å². The molecule has 0 spiro atoms. The van der Waals surface area contributed by atoms with Gasteiger partial charge in [-0.2, -0.15) is 0 Å². The van der Waals surface area contributed by atoms with Crippen molar-refractivity contribution in [1.29, 1.82) is 0 Å². The zero-order chi connectivity index (χ0) is 16.4. The molecule has 2 aromatic rings. The van der Waals surface area contributed by atoms with Crippen LogP contribution >= 0.6 is 11.8 Å². The Morgan fingerprint density at radius 3 is 2.87 bits per heavy atom. The first-order valence-electron chi connectivity index (χ1n) is 7.91. The SMILES string of the molecule is COc1ccc(C)cc1C(C)NC1CCSc2ccc(F)cc21. The van der Waals surface area contributed by atoms with Crippen LogP contribution in [0.15, 0.2) is 41.3 Å². The smallest absolute Gasteiger partial charge is 0.123 e. The van der Waals surface area contributed by atoms with Crippen LogP contribution in [0.5, 0.6) is 5.75 Å². The van der Waals surface area contributed by atoms with Crippen LogP contribution in [-0.2, 0) is 0 Å². The summed E-state index contributed by atoms with van der Waals surface area (Å²) >= 11 is 1.80. The lowest BCUT2D eigenvalue weighted by Crippen LogP contribution is -2.27. The van der Waals surface area contributed by atoms with E-state index in [2.05, 4.69) is 31.3 Å². The van der Waals surface area contributed by atoms with E-state index in [1.807, 2.05) is 12.1 Å². The normalized spacial score (nSPS) is 18.3. The summed E-state index contributed by atoms with van der Waals surface area (Å²) < 4.78 is 19.1. The monoisotopic (exact) mass is 331 g/mol. The van der Waals surface area contributed by atoms with Gasteiger partial charge in [0.05, 0.1) is 7.11 Å². The van der Waals surface area contributed by atoms with Gasteiger partial charge in [0, 0.05) is 22.5 Å². The highest BCUT2D eigenvalue weighted by molar-refractivity contribution is 7.99. The zero-order valence-corrected chi connectivity index (χ0v) is 14.5. The molecule has 0 aliphatic carbocycles. The highest BCUT2D eigenvalue weighted by atomic mass is 32.2. The van der Waals surface area contributed by atoms with Crippen LogP contribution in [0.4, 0.5) is 4.39 Å².